The maximum absolute atomic E-state index is 13.0. The predicted molar refractivity (Wildman–Crippen MR) is 93.2 cm³/mol. The van der Waals surface area contributed by atoms with E-state index in [2.05, 4.69) is 26.1 Å². The largest absolute Gasteiger partial charge is 0.392 e. The summed E-state index contributed by atoms with van der Waals surface area (Å²) in [6.45, 7) is 0. The Morgan fingerprint density at radius 3 is 2.50 bits per heavy atom. The van der Waals surface area contributed by atoms with Crippen molar-refractivity contribution in [3.63, 3.8) is 0 Å². The van der Waals surface area contributed by atoms with Gasteiger partial charge in [-0.2, -0.15) is 13.2 Å². The van der Waals surface area contributed by atoms with Crippen LogP contribution in [0.25, 0.3) is 5.69 Å². The van der Waals surface area contributed by atoms with Crippen molar-refractivity contribution in [2.24, 2.45) is 5.92 Å². The number of alkyl halides is 3. The third-order valence-electron chi connectivity index (χ3n) is 5.47. The summed E-state index contributed by atoms with van der Waals surface area (Å²) in [5.41, 5.74) is 1.90. The maximum atomic E-state index is 13.0. The van der Waals surface area contributed by atoms with E-state index in [0.717, 1.165) is 21.5 Å². The molecule has 0 bridgehead atoms. The van der Waals surface area contributed by atoms with E-state index in [1.807, 2.05) is 22.8 Å². The first-order chi connectivity index (χ1) is 12.3. The van der Waals surface area contributed by atoms with Crippen molar-refractivity contribution >= 4 is 15.9 Å². The molecule has 1 unspecified atom stereocenters. The number of hydrogen-bond donors (Lipinski definition) is 1. The normalized spacial score (nSPS) is 26.1. The third kappa shape index (κ3) is 3.29. The van der Waals surface area contributed by atoms with Gasteiger partial charge in [0.15, 0.2) is 0 Å². The van der Waals surface area contributed by atoms with Crippen molar-refractivity contribution in [1.29, 1.82) is 0 Å². The van der Waals surface area contributed by atoms with Crippen molar-refractivity contribution in [1.82, 2.24) is 14.8 Å². The molecule has 26 heavy (non-hydrogen) atoms. The predicted octanol–water partition coefficient (Wildman–Crippen LogP) is 4.33. The molecule has 2 aliphatic rings. The molecular formula is C18H19BrF3N3O. The highest BCUT2D eigenvalue weighted by Crippen LogP contribution is 2.43. The Kier molecular flexibility index (Phi) is 4.59. The number of rotatable bonds is 1. The van der Waals surface area contributed by atoms with Crippen LogP contribution in [0.1, 0.15) is 48.8 Å². The van der Waals surface area contributed by atoms with E-state index >= 15 is 0 Å². The van der Waals surface area contributed by atoms with Gasteiger partial charge in [-0.3, -0.25) is 4.57 Å². The van der Waals surface area contributed by atoms with Crippen molar-refractivity contribution < 1.29 is 18.3 Å². The molecule has 0 radical (unpaired) electrons. The van der Waals surface area contributed by atoms with Crippen LogP contribution in [0.2, 0.25) is 0 Å². The Balaban J connectivity index is 1.69. The van der Waals surface area contributed by atoms with Crippen LogP contribution in [0.3, 0.4) is 0 Å². The van der Waals surface area contributed by atoms with Gasteiger partial charge in [-0.15, -0.1) is 10.2 Å². The second-order valence-electron chi connectivity index (χ2n) is 7.24. The van der Waals surface area contributed by atoms with E-state index in [9.17, 15) is 18.3 Å². The van der Waals surface area contributed by atoms with Crippen LogP contribution in [0, 0.1) is 5.92 Å². The first-order valence-corrected chi connectivity index (χ1v) is 9.60. The average Bonchev–Trinajstić information content (AvgIpc) is 2.91. The molecule has 1 N–H and O–H groups in total. The summed E-state index contributed by atoms with van der Waals surface area (Å²) in [6.07, 6.45) is -2.60. The zero-order valence-electron chi connectivity index (χ0n) is 14.0. The summed E-state index contributed by atoms with van der Waals surface area (Å²) in [4.78, 5) is 0. The lowest BCUT2D eigenvalue weighted by Crippen LogP contribution is -2.28. The summed E-state index contributed by atoms with van der Waals surface area (Å²) < 4.78 is 41.7. The summed E-state index contributed by atoms with van der Waals surface area (Å²) in [7, 11) is 0. The zero-order valence-corrected chi connectivity index (χ0v) is 15.6. The quantitative estimate of drug-likeness (QED) is 0.733. The number of aliphatic hydroxyl groups is 1. The Labute approximate surface area is 157 Å². The van der Waals surface area contributed by atoms with Gasteiger partial charge < -0.3 is 5.11 Å². The second kappa shape index (κ2) is 6.64. The van der Waals surface area contributed by atoms with Crippen LogP contribution in [-0.2, 0) is 12.8 Å². The lowest BCUT2D eigenvalue weighted by atomic mass is 9.81. The smallest absolute Gasteiger partial charge is 0.391 e. The standard InChI is InChI=1S/C18H19BrF3N3O/c19-13-5-6-15-11(7-13)8-14(26)9-16-23-24-17(25(15)16)10-1-3-12(4-2-10)18(20,21)22/h5-7,10,12,14,26H,1-4,8-9H2. The molecule has 8 heteroatoms. The molecule has 1 fully saturated rings. The lowest BCUT2D eigenvalue weighted by molar-refractivity contribution is -0.182. The molecule has 1 saturated carbocycles. The molecule has 1 aromatic heterocycles. The molecule has 2 heterocycles. The van der Waals surface area contributed by atoms with Crippen molar-refractivity contribution in [2.75, 3.05) is 0 Å². The Bertz CT molecular complexity index is 812. The van der Waals surface area contributed by atoms with Crippen molar-refractivity contribution in [3.8, 4) is 5.69 Å². The van der Waals surface area contributed by atoms with Crippen LogP contribution in [0.4, 0.5) is 13.2 Å². The van der Waals surface area contributed by atoms with Gasteiger partial charge in [-0.25, -0.2) is 0 Å². The SMILES string of the molecule is OC1Cc2cc(Br)ccc2-n2c(nnc2C2CCC(C(F)(F)F)CC2)C1. The number of halogens is 4. The van der Waals surface area contributed by atoms with E-state index < -0.39 is 18.2 Å². The molecule has 4 rings (SSSR count). The minimum absolute atomic E-state index is 0.0402. The average molecular weight is 430 g/mol. The zero-order chi connectivity index (χ0) is 18.5. The lowest BCUT2D eigenvalue weighted by Gasteiger charge is -2.29. The molecule has 1 aliphatic heterocycles. The first-order valence-electron chi connectivity index (χ1n) is 8.80. The molecule has 140 valence electrons. The van der Waals surface area contributed by atoms with Gasteiger partial charge in [-0.05, 0) is 49.4 Å². The van der Waals surface area contributed by atoms with E-state index in [-0.39, 0.29) is 18.8 Å². The van der Waals surface area contributed by atoms with Crippen LogP contribution in [0.5, 0.6) is 0 Å². The maximum Gasteiger partial charge on any atom is 0.391 e. The number of benzene rings is 1. The van der Waals surface area contributed by atoms with E-state index in [4.69, 9.17) is 0 Å². The number of nitrogens with zero attached hydrogens (tertiary/aromatic N) is 3. The Morgan fingerprint density at radius 2 is 1.81 bits per heavy atom. The van der Waals surface area contributed by atoms with Crippen LogP contribution >= 0.6 is 15.9 Å². The Hall–Kier alpha value is -1.41. The molecule has 1 aromatic carbocycles. The highest BCUT2D eigenvalue weighted by Gasteiger charge is 2.42. The van der Waals surface area contributed by atoms with Gasteiger partial charge in [-0.1, -0.05) is 15.9 Å². The number of fused-ring (bicyclic) bond motifs is 3. The fourth-order valence-electron chi connectivity index (χ4n) is 4.14. The topological polar surface area (TPSA) is 50.9 Å². The van der Waals surface area contributed by atoms with Gasteiger partial charge in [0.1, 0.15) is 11.6 Å². The third-order valence-corrected chi connectivity index (χ3v) is 5.96. The minimum Gasteiger partial charge on any atom is -0.392 e. The molecule has 0 amide bonds. The highest BCUT2D eigenvalue weighted by atomic mass is 79.9. The van der Waals surface area contributed by atoms with Crippen LogP contribution < -0.4 is 0 Å². The fraction of sp³-hybridized carbons (Fsp3) is 0.556. The summed E-state index contributed by atoms with van der Waals surface area (Å²) in [5.74, 6) is 0.141. The van der Waals surface area contributed by atoms with Gasteiger partial charge in [0.2, 0.25) is 0 Å². The molecule has 1 aliphatic carbocycles. The fourth-order valence-corrected chi connectivity index (χ4v) is 4.55. The monoisotopic (exact) mass is 429 g/mol. The van der Waals surface area contributed by atoms with Crippen molar-refractivity contribution in [3.05, 3.63) is 39.9 Å². The number of hydrogen-bond acceptors (Lipinski definition) is 3. The molecule has 2 aromatic rings. The molecule has 4 nitrogen and oxygen atoms in total. The first kappa shape index (κ1) is 18.0. The molecule has 0 spiro atoms. The van der Waals surface area contributed by atoms with E-state index in [1.165, 1.54) is 0 Å². The van der Waals surface area contributed by atoms with Gasteiger partial charge >= 0.3 is 6.18 Å². The van der Waals surface area contributed by atoms with Gasteiger partial charge in [0, 0.05) is 23.2 Å². The van der Waals surface area contributed by atoms with E-state index in [1.54, 1.807) is 0 Å². The number of aromatic nitrogens is 3. The molecule has 1 atom stereocenters. The molecule has 0 saturated heterocycles. The molecular weight excluding hydrogens is 411 g/mol. The van der Waals surface area contributed by atoms with Gasteiger partial charge in [0.25, 0.3) is 0 Å². The van der Waals surface area contributed by atoms with Crippen LogP contribution in [0.15, 0.2) is 22.7 Å². The van der Waals surface area contributed by atoms with Crippen molar-refractivity contribution in [2.45, 2.75) is 56.7 Å². The highest BCUT2D eigenvalue weighted by molar-refractivity contribution is 9.10. The van der Waals surface area contributed by atoms with E-state index in [0.29, 0.717) is 31.5 Å². The van der Waals surface area contributed by atoms with Gasteiger partial charge in [0.05, 0.1) is 17.7 Å². The second-order valence-corrected chi connectivity index (χ2v) is 8.15. The van der Waals surface area contributed by atoms with Crippen LogP contribution in [-0.4, -0.2) is 32.2 Å². The minimum atomic E-state index is -4.12. The number of aliphatic hydroxyl groups excluding tert-OH is 1. The summed E-state index contributed by atoms with van der Waals surface area (Å²) >= 11 is 3.46. The summed E-state index contributed by atoms with van der Waals surface area (Å²) in [5, 5.41) is 18.9. The summed E-state index contributed by atoms with van der Waals surface area (Å²) in [6, 6.07) is 5.85. The Morgan fingerprint density at radius 1 is 1.08 bits per heavy atom.